The number of hydrogen-bond donors (Lipinski definition) is 4. The van der Waals surface area contributed by atoms with Gasteiger partial charge in [0.1, 0.15) is 11.5 Å². The SMILES string of the molecule is COc1cccc(-c2cc3ccccc3c(-c3c(O)c(-c4cccc(OC)c4O)cc4ccccc34)c2O)c1O. The number of ether oxygens (including phenoxy) is 2. The third-order valence-corrected chi connectivity index (χ3v) is 7.31. The summed E-state index contributed by atoms with van der Waals surface area (Å²) in [5, 5.41) is 48.8. The number of methoxy groups -OCH3 is 2. The van der Waals surface area contributed by atoms with E-state index in [9.17, 15) is 20.4 Å². The van der Waals surface area contributed by atoms with Gasteiger partial charge in [-0.1, -0.05) is 72.8 Å². The molecule has 0 spiro atoms. The lowest BCUT2D eigenvalue weighted by Gasteiger charge is -2.20. The Balaban J connectivity index is 1.76. The molecule has 6 aromatic carbocycles. The van der Waals surface area contributed by atoms with Gasteiger partial charge in [0.25, 0.3) is 0 Å². The largest absolute Gasteiger partial charge is 0.507 e. The van der Waals surface area contributed by atoms with Crippen molar-refractivity contribution in [1.82, 2.24) is 0 Å². The summed E-state index contributed by atoms with van der Waals surface area (Å²) in [6.07, 6.45) is 0. The van der Waals surface area contributed by atoms with Crippen molar-refractivity contribution in [3.8, 4) is 67.9 Å². The third kappa shape index (κ3) is 3.81. The Morgan fingerprint density at radius 2 is 0.825 bits per heavy atom. The lowest BCUT2D eigenvalue weighted by molar-refractivity contribution is 0.374. The molecule has 40 heavy (non-hydrogen) atoms. The van der Waals surface area contributed by atoms with Crippen molar-refractivity contribution in [2.24, 2.45) is 0 Å². The molecule has 0 saturated heterocycles. The van der Waals surface area contributed by atoms with Crippen molar-refractivity contribution in [2.75, 3.05) is 14.2 Å². The number of benzene rings is 6. The molecule has 0 aliphatic heterocycles. The smallest absolute Gasteiger partial charge is 0.165 e. The number of fused-ring (bicyclic) bond motifs is 2. The number of para-hydroxylation sites is 2. The van der Waals surface area contributed by atoms with Crippen LogP contribution in [0.3, 0.4) is 0 Å². The summed E-state index contributed by atoms with van der Waals surface area (Å²) in [4.78, 5) is 0. The average molecular weight is 531 g/mol. The van der Waals surface area contributed by atoms with E-state index in [2.05, 4.69) is 0 Å². The van der Waals surface area contributed by atoms with Gasteiger partial charge in [-0.05, 0) is 45.8 Å². The molecular formula is C34H26O6. The van der Waals surface area contributed by atoms with Gasteiger partial charge in [-0.25, -0.2) is 0 Å². The van der Waals surface area contributed by atoms with Gasteiger partial charge < -0.3 is 29.9 Å². The van der Waals surface area contributed by atoms with Crippen molar-refractivity contribution < 1.29 is 29.9 Å². The zero-order chi connectivity index (χ0) is 28.0. The minimum absolute atomic E-state index is 0.106. The van der Waals surface area contributed by atoms with Gasteiger partial charge in [-0.3, -0.25) is 0 Å². The highest BCUT2D eigenvalue weighted by Gasteiger charge is 2.25. The molecule has 6 aromatic rings. The molecule has 0 saturated carbocycles. The molecule has 0 heterocycles. The summed E-state index contributed by atoms with van der Waals surface area (Å²) in [7, 11) is 2.93. The van der Waals surface area contributed by atoms with Crippen LogP contribution in [-0.2, 0) is 0 Å². The maximum atomic E-state index is 11.9. The Hall–Kier alpha value is -5.36. The maximum Gasteiger partial charge on any atom is 0.165 e. The van der Waals surface area contributed by atoms with Crippen LogP contribution in [0.1, 0.15) is 0 Å². The number of phenols is 4. The van der Waals surface area contributed by atoms with E-state index in [0.29, 0.717) is 44.2 Å². The summed E-state index contributed by atoms with van der Waals surface area (Å²) < 4.78 is 10.6. The number of rotatable bonds is 5. The van der Waals surface area contributed by atoms with Crippen molar-refractivity contribution in [1.29, 1.82) is 0 Å². The van der Waals surface area contributed by atoms with Gasteiger partial charge in [0.2, 0.25) is 0 Å². The van der Waals surface area contributed by atoms with Crippen LogP contribution in [0.15, 0.2) is 97.1 Å². The van der Waals surface area contributed by atoms with Crippen LogP contribution in [0.25, 0.3) is 54.9 Å². The Kier molecular flexibility index (Phi) is 6.08. The Morgan fingerprint density at radius 3 is 1.23 bits per heavy atom. The topological polar surface area (TPSA) is 99.4 Å². The zero-order valence-corrected chi connectivity index (χ0v) is 21.8. The second-order valence-corrected chi connectivity index (χ2v) is 9.45. The molecule has 198 valence electrons. The first-order chi connectivity index (χ1) is 19.4. The molecule has 6 nitrogen and oxygen atoms in total. The summed E-state index contributed by atoms with van der Waals surface area (Å²) >= 11 is 0. The Labute approximate surface area is 230 Å². The van der Waals surface area contributed by atoms with Crippen LogP contribution in [0.5, 0.6) is 34.5 Å². The van der Waals surface area contributed by atoms with Gasteiger partial charge in [-0.2, -0.15) is 0 Å². The van der Waals surface area contributed by atoms with Crippen molar-refractivity contribution in [3.05, 3.63) is 97.1 Å². The van der Waals surface area contributed by atoms with Gasteiger partial charge in [0.15, 0.2) is 23.0 Å². The highest BCUT2D eigenvalue weighted by atomic mass is 16.5. The summed E-state index contributed by atoms with van der Waals surface area (Å²) in [6, 6.07) is 28.9. The molecule has 6 heteroatoms. The van der Waals surface area contributed by atoms with Crippen LogP contribution < -0.4 is 9.47 Å². The molecule has 0 aromatic heterocycles. The lowest BCUT2D eigenvalue weighted by Crippen LogP contribution is -1.93. The molecule has 0 fully saturated rings. The molecule has 0 aliphatic carbocycles. The van der Waals surface area contributed by atoms with Crippen molar-refractivity contribution >= 4 is 21.5 Å². The standard InChI is InChI=1S/C34H26O6/c1-39-27-15-7-13-23(31(27)35)25-17-19-9-3-5-11-21(19)29(33(25)37)30-22-12-6-4-10-20(22)18-26(34(30)38)24-14-8-16-28(40-2)32(24)36/h3-18,35-38H,1-2H3. The Bertz CT molecular complexity index is 1780. The Morgan fingerprint density at radius 1 is 0.425 bits per heavy atom. The molecule has 0 amide bonds. The lowest BCUT2D eigenvalue weighted by atomic mass is 9.86. The first-order valence-electron chi connectivity index (χ1n) is 12.7. The normalized spacial score (nSPS) is 11.2. The monoisotopic (exact) mass is 530 g/mol. The summed E-state index contributed by atoms with van der Waals surface area (Å²) in [6.45, 7) is 0. The van der Waals surface area contributed by atoms with E-state index in [1.165, 1.54) is 14.2 Å². The van der Waals surface area contributed by atoms with Crippen LogP contribution >= 0.6 is 0 Å². The number of phenolic OH excluding ortho intramolecular Hbond substituents is 4. The fourth-order valence-electron chi connectivity index (χ4n) is 5.40. The second-order valence-electron chi connectivity index (χ2n) is 9.45. The molecule has 0 unspecified atom stereocenters. The van der Waals surface area contributed by atoms with Crippen LogP contribution in [0, 0.1) is 0 Å². The first-order valence-corrected chi connectivity index (χ1v) is 12.7. The predicted molar refractivity (Wildman–Crippen MR) is 158 cm³/mol. The predicted octanol–water partition coefficient (Wildman–Crippen LogP) is 7.83. The quantitative estimate of drug-likeness (QED) is 0.181. The molecule has 0 radical (unpaired) electrons. The van der Waals surface area contributed by atoms with Gasteiger partial charge in [-0.15, -0.1) is 0 Å². The maximum absolute atomic E-state index is 11.9. The fourth-order valence-corrected chi connectivity index (χ4v) is 5.40. The summed E-state index contributed by atoms with van der Waals surface area (Å²) in [5.41, 5.74) is 2.32. The highest BCUT2D eigenvalue weighted by Crippen LogP contribution is 2.53. The first kappa shape index (κ1) is 24.9. The molecule has 0 bridgehead atoms. The zero-order valence-electron chi connectivity index (χ0n) is 21.8. The van der Waals surface area contributed by atoms with E-state index in [0.717, 1.165) is 10.8 Å². The van der Waals surface area contributed by atoms with Crippen LogP contribution in [0.4, 0.5) is 0 Å². The second kappa shape index (κ2) is 9.75. The minimum Gasteiger partial charge on any atom is -0.507 e. The van der Waals surface area contributed by atoms with E-state index in [1.54, 1.807) is 48.5 Å². The van der Waals surface area contributed by atoms with Gasteiger partial charge in [0.05, 0.1) is 14.2 Å². The van der Waals surface area contributed by atoms with Crippen LogP contribution in [0.2, 0.25) is 0 Å². The van der Waals surface area contributed by atoms with E-state index in [4.69, 9.17) is 9.47 Å². The number of aromatic hydroxyl groups is 4. The number of hydrogen-bond acceptors (Lipinski definition) is 6. The molecule has 4 N–H and O–H groups in total. The minimum atomic E-state index is -0.116. The molecule has 0 aliphatic rings. The fraction of sp³-hybridized carbons (Fsp3) is 0.0588. The van der Waals surface area contributed by atoms with Crippen molar-refractivity contribution in [3.63, 3.8) is 0 Å². The van der Waals surface area contributed by atoms with Gasteiger partial charge >= 0.3 is 0 Å². The van der Waals surface area contributed by atoms with Crippen LogP contribution in [-0.4, -0.2) is 34.6 Å². The molecule has 0 atom stereocenters. The third-order valence-electron chi connectivity index (χ3n) is 7.31. The van der Waals surface area contributed by atoms with E-state index < -0.39 is 0 Å². The van der Waals surface area contributed by atoms with E-state index in [-0.39, 0.29) is 34.5 Å². The van der Waals surface area contributed by atoms with E-state index >= 15 is 0 Å². The van der Waals surface area contributed by atoms with Gasteiger partial charge in [0, 0.05) is 33.4 Å². The average Bonchev–Trinajstić information content (AvgIpc) is 2.98. The molecule has 6 rings (SSSR count). The highest BCUT2D eigenvalue weighted by molar-refractivity contribution is 6.14. The summed E-state index contributed by atoms with van der Waals surface area (Å²) in [5.74, 6) is 0.103. The van der Waals surface area contributed by atoms with E-state index in [1.807, 2.05) is 48.5 Å². The molecular weight excluding hydrogens is 504 g/mol. The van der Waals surface area contributed by atoms with Crippen molar-refractivity contribution in [2.45, 2.75) is 0 Å².